The Kier molecular flexibility index (Phi) is 2.77. The van der Waals surface area contributed by atoms with Crippen molar-refractivity contribution in [3.05, 3.63) is 12.4 Å². The first-order valence-corrected chi connectivity index (χ1v) is 5.21. The van der Waals surface area contributed by atoms with Crippen LogP contribution < -0.4 is 5.84 Å². The molecule has 0 aromatic carbocycles. The lowest BCUT2D eigenvalue weighted by Crippen LogP contribution is -2.12. The number of nitrogens with two attached hydrogens (primary N) is 1. The zero-order valence-corrected chi connectivity index (χ0v) is 8.81. The Labute approximate surface area is 93.8 Å². The highest BCUT2D eigenvalue weighted by Gasteiger charge is 2.13. The van der Waals surface area contributed by atoms with E-state index in [2.05, 4.69) is 20.4 Å². The van der Waals surface area contributed by atoms with Gasteiger partial charge >= 0.3 is 5.97 Å². The standard InChI is InChI=1S/C7H8N6O2S/c8-13-6(4-1-9-10-2-4)11-12-7(13)16-3-5(14)15/h1-2H,3,8H2,(H,9,10)(H,14,15). The van der Waals surface area contributed by atoms with Crippen molar-refractivity contribution in [2.24, 2.45) is 0 Å². The first kappa shape index (κ1) is 10.5. The summed E-state index contributed by atoms with van der Waals surface area (Å²) in [6.07, 6.45) is 3.18. The Hall–Kier alpha value is -2.03. The fourth-order valence-corrected chi connectivity index (χ4v) is 1.65. The number of thioether (sulfide) groups is 1. The van der Waals surface area contributed by atoms with Gasteiger partial charge < -0.3 is 10.9 Å². The third-order valence-electron chi connectivity index (χ3n) is 1.75. The third-order valence-corrected chi connectivity index (χ3v) is 2.67. The van der Waals surface area contributed by atoms with E-state index in [0.717, 1.165) is 11.8 Å². The number of H-pyrrole nitrogens is 1. The second-order valence-electron chi connectivity index (χ2n) is 2.85. The van der Waals surface area contributed by atoms with Gasteiger partial charge in [-0.05, 0) is 0 Å². The number of aliphatic carboxylic acids is 1. The highest BCUT2D eigenvalue weighted by Crippen LogP contribution is 2.19. The van der Waals surface area contributed by atoms with Crippen molar-refractivity contribution < 1.29 is 9.90 Å². The van der Waals surface area contributed by atoms with E-state index >= 15 is 0 Å². The van der Waals surface area contributed by atoms with E-state index in [0.29, 0.717) is 16.5 Å². The van der Waals surface area contributed by atoms with E-state index in [-0.39, 0.29) is 5.75 Å². The summed E-state index contributed by atoms with van der Waals surface area (Å²) in [5.41, 5.74) is 0.692. The van der Waals surface area contributed by atoms with Gasteiger partial charge in [0, 0.05) is 6.20 Å². The quantitative estimate of drug-likeness (QED) is 0.489. The monoisotopic (exact) mass is 240 g/mol. The van der Waals surface area contributed by atoms with E-state index in [1.54, 1.807) is 12.4 Å². The van der Waals surface area contributed by atoms with Crippen molar-refractivity contribution in [2.75, 3.05) is 11.6 Å². The van der Waals surface area contributed by atoms with Crippen LogP contribution in [-0.4, -0.2) is 41.9 Å². The van der Waals surface area contributed by atoms with Gasteiger partial charge in [0.1, 0.15) is 0 Å². The van der Waals surface area contributed by atoms with Gasteiger partial charge in [-0.3, -0.25) is 9.89 Å². The molecule has 0 bridgehead atoms. The van der Waals surface area contributed by atoms with Crippen LogP contribution in [0.1, 0.15) is 0 Å². The predicted molar refractivity (Wildman–Crippen MR) is 56.1 cm³/mol. The van der Waals surface area contributed by atoms with Crippen LogP contribution in [0.3, 0.4) is 0 Å². The minimum atomic E-state index is -0.933. The lowest BCUT2D eigenvalue weighted by molar-refractivity contribution is -0.133. The molecule has 0 saturated heterocycles. The number of nitrogen functional groups attached to an aromatic ring is 1. The molecular weight excluding hydrogens is 232 g/mol. The number of rotatable bonds is 4. The summed E-state index contributed by atoms with van der Waals surface area (Å²) in [5, 5.41) is 22.9. The highest BCUT2D eigenvalue weighted by molar-refractivity contribution is 7.99. The van der Waals surface area contributed by atoms with Crippen molar-refractivity contribution in [3.8, 4) is 11.4 Å². The molecule has 84 valence electrons. The molecule has 0 aliphatic carbocycles. The summed E-state index contributed by atoms with van der Waals surface area (Å²) in [7, 11) is 0. The molecule has 0 aliphatic rings. The van der Waals surface area contributed by atoms with E-state index in [9.17, 15) is 4.79 Å². The molecule has 2 rings (SSSR count). The smallest absolute Gasteiger partial charge is 0.313 e. The summed E-state index contributed by atoms with van der Waals surface area (Å²) in [4.78, 5) is 10.4. The number of aromatic amines is 1. The number of hydrogen-bond donors (Lipinski definition) is 3. The van der Waals surface area contributed by atoms with E-state index in [1.165, 1.54) is 4.68 Å². The van der Waals surface area contributed by atoms with Crippen LogP contribution in [-0.2, 0) is 4.79 Å². The number of carboxylic acid groups (broad SMARTS) is 1. The zero-order valence-electron chi connectivity index (χ0n) is 7.99. The topological polar surface area (TPSA) is 123 Å². The van der Waals surface area contributed by atoms with Crippen molar-refractivity contribution in [1.29, 1.82) is 0 Å². The zero-order chi connectivity index (χ0) is 11.5. The van der Waals surface area contributed by atoms with Crippen LogP contribution in [0.4, 0.5) is 0 Å². The van der Waals surface area contributed by atoms with Crippen molar-refractivity contribution in [2.45, 2.75) is 5.16 Å². The molecule has 16 heavy (non-hydrogen) atoms. The van der Waals surface area contributed by atoms with E-state index in [1.807, 2.05) is 0 Å². The van der Waals surface area contributed by atoms with Crippen molar-refractivity contribution in [1.82, 2.24) is 25.1 Å². The molecule has 0 atom stereocenters. The molecule has 2 heterocycles. The van der Waals surface area contributed by atoms with Gasteiger partial charge in [0.25, 0.3) is 0 Å². The fraction of sp³-hybridized carbons (Fsp3) is 0.143. The maximum atomic E-state index is 10.4. The van der Waals surface area contributed by atoms with Crippen LogP contribution in [0.5, 0.6) is 0 Å². The minimum absolute atomic E-state index is 0.110. The van der Waals surface area contributed by atoms with Gasteiger partial charge in [-0.15, -0.1) is 10.2 Å². The lowest BCUT2D eigenvalue weighted by atomic mass is 10.3. The maximum Gasteiger partial charge on any atom is 0.313 e. The molecule has 0 spiro atoms. The average molecular weight is 240 g/mol. The van der Waals surface area contributed by atoms with Gasteiger partial charge in [0.15, 0.2) is 5.82 Å². The van der Waals surface area contributed by atoms with Crippen LogP contribution >= 0.6 is 11.8 Å². The Morgan fingerprint density at radius 2 is 2.44 bits per heavy atom. The first-order valence-electron chi connectivity index (χ1n) is 4.22. The molecular formula is C7H8N6O2S. The molecule has 9 heteroatoms. The molecule has 2 aromatic rings. The van der Waals surface area contributed by atoms with Crippen LogP contribution in [0.25, 0.3) is 11.4 Å². The van der Waals surface area contributed by atoms with Gasteiger partial charge in [0.2, 0.25) is 5.16 Å². The molecule has 0 unspecified atom stereocenters. The number of hydrogen-bond acceptors (Lipinski definition) is 6. The number of nitrogens with zero attached hydrogens (tertiary/aromatic N) is 4. The molecule has 0 amide bonds. The Bertz CT molecular complexity index is 493. The fourth-order valence-electron chi connectivity index (χ4n) is 1.07. The molecule has 0 saturated carbocycles. The third kappa shape index (κ3) is 1.98. The summed E-state index contributed by atoms with van der Waals surface area (Å²) >= 11 is 1.01. The lowest BCUT2D eigenvalue weighted by Gasteiger charge is -1.99. The van der Waals surface area contributed by atoms with Gasteiger partial charge in [0.05, 0.1) is 17.5 Å². The first-order chi connectivity index (χ1) is 7.68. The Morgan fingerprint density at radius 3 is 3.06 bits per heavy atom. The number of carboxylic acids is 1. The van der Waals surface area contributed by atoms with Gasteiger partial charge in [-0.25, -0.2) is 4.68 Å². The highest BCUT2D eigenvalue weighted by atomic mass is 32.2. The summed E-state index contributed by atoms with van der Waals surface area (Å²) < 4.78 is 1.23. The van der Waals surface area contributed by atoms with Gasteiger partial charge in [-0.1, -0.05) is 11.8 Å². The molecule has 0 aliphatic heterocycles. The van der Waals surface area contributed by atoms with Gasteiger partial charge in [-0.2, -0.15) is 5.10 Å². The Morgan fingerprint density at radius 1 is 1.62 bits per heavy atom. The maximum absolute atomic E-state index is 10.4. The van der Waals surface area contributed by atoms with Crippen molar-refractivity contribution in [3.63, 3.8) is 0 Å². The van der Waals surface area contributed by atoms with Crippen LogP contribution in [0.15, 0.2) is 17.6 Å². The second kappa shape index (κ2) is 4.23. The largest absolute Gasteiger partial charge is 0.481 e. The average Bonchev–Trinajstić information content (AvgIpc) is 2.84. The molecule has 8 nitrogen and oxygen atoms in total. The molecule has 0 radical (unpaired) electrons. The number of aromatic nitrogens is 5. The summed E-state index contributed by atoms with van der Waals surface area (Å²) in [6, 6.07) is 0. The van der Waals surface area contributed by atoms with E-state index < -0.39 is 5.97 Å². The van der Waals surface area contributed by atoms with Crippen molar-refractivity contribution >= 4 is 17.7 Å². The Balaban J connectivity index is 2.21. The number of carbonyl (C=O) groups is 1. The predicted octanol–water partition coefficient (Wildman–Crippen LogP) is -0.441. The normalized spacial score (nSPS) is 10.5. The van der Waals surface area contributed by atoms with E-state index in [4.69, 9.17) is 10.9 Å². The second-order valence-corrected chi connectivity index (χ2v) is 3.79. The molecule has 4 N–H and O–H groups in total. The van der Waals surface area contributed by atoms with Crippen LogP contribution in [0.2, 0.25) is 0 Å². The summed E-state index contributed by atoms with van der Waals surface area (Å²) in [6.45, 7) is 0. The minimum Gasteiger partial charge on any atom is -0.481 e. The SMILES string of the molecule is Nn1c(SCC(=O)O)nnc1-c1cn[nH]c1. The molecule has 0 fully saturated rings. The van der Waals surface area contributed by atoms with Crippen LogP contribution in [0, 0.1) is 0 Å². The number of nitrogens with one attached hydrogen (secondary N) is 1. The summed E-state index contributed by atoms with van der Waals surface area (Å²) in [5.74, 6) is 5.11. The molecule has 2 aromatic heterocycles.